The van der Waals surface area contributed by atoms with Crippen LogP contribution in [0, 0.1) is 5.92 Å². The molecular weight excluding hydrogens is 615 g/mol. The number of methoxy groups -OCH3 is 3. The molecule has 0 aliphatic heterocycles. The predicted octanol–water partition coefficient (Wildman–Crippen LogP) is 5.58. The van der Waals surface area contributed by atoms with E-state index >= 15 is 0 Å². The number of carbonyl (C=O) groups excluding carboxylic acids is 2. The van der Waals surface area contributed by atoms with E-state index in [4.69, 9.17) is 55.8 Å². The highest BCUT2D eigenvalue weighted by Gasteiger charge is 2.22. The van der Waals surface area contributed by atoms with Gasteiger partial charge < -0.3 is 28.4 Å². The molecule has 14 heteroatoms. The average molecular weight is 652 g/mol. The molecule has 0 saturated heterocycles. The smallest absolute Gasteiger partial charge is 0.338 e. The van der Waals surface area contributed by atoms with Crippen molar-refractivity contribution >= 4 is 45.3 Å². The average Bonchev–Trinajstić information content (AvgIpc) is 2.93. The van der Waals surface area contributed by atoms with Crippen molar-refractivity contribution in [3.8, 4) is 23.0 Å². The SMILES string of the molecule is COc1cc(C(=O)OC(CCCOc2cc(C(=O)OCC(C)C)cc(Cl)c2Cl)CCOS(C)(=O)=O)cc(OC)c1OC. The molecule has 0 saturated carbocycles. The van der Waals surface area contributed by atoms with Gasteiger partial charge in [-0.3, -0.25) is 4.18 Å². The molecule has 42 heavy (non-hydrogen) atoms. The standard InChI is InChI=1S/C28H36Cl2O11S/c1-17(2)16-39-27(31)18-12-21(29)25(30)22(13-18)38-10-7-8-20(9-11-40-42(6,33)34)41-28(32)19-14-23(35-3)26(37-5)24(15-19)36-4/h12-15,17,20H,7-11,16H2,1-6H3. The molecular formula is C28H36Cl2O11S. The van der Waals surface area contributed by atoms with Crippen LogP contribution in [0.15, 0.2) is 24.3 Å². The Labute approximate surface area is 256 Å². The van der Waals surface area contributed by atoms with Crippen molar-refractivity contribution in [2.75, 3.05) is 47.4 Å². The van der Waals surface area contributed by atoms with Crippen molar-refractivity contribution in [2.24, 2.45) is 5.92 Å². The Morgan fingerprint density at radius 2 is 1.43 bits per heavy atom. The summed E-state index contributed by atoms with van der Waals surface area (Å²) in [5.74, 6) is -0.0697. The van der Waals surface area contributed by atoms with E-state index in [1.54, 1.807) is 0 Å². The maximum atomic E-state index is 13.0. The fourth-order valence-corrected chi connectivity index (χ4v) is 4.39. The number of carbonyl (C=O) groups is 2. The van der Waals surface area contributed by atoms with Crippen LogP contribution in [-0.2, 0) is 23.8 Å². The van der Waals surface area contributed by atoms with Crippen molar-refractivity contribution in [3.05, 3.63) is 45.4 Å². The highest BCUT2D eigenvalue weighted by Crippen LogP contribution is 2.38. The van der Waals surface area contributed by atoms with Crippen LogP contribution in [-0.4, -0.2) is 73.9 Å². The van der Waals surface area contributed by atoms with Crippen LogP contribution < -0.4 is 18.9 Å². The molecule has 2 aromatic carbocycles. The van der Waals surface area contributed by atoms with Gasteiger partial charge in [0.05, 0.1) is 63.6 Å². The summed E-state index contributed by atoms with van der Waals surface area (Å²) < 4.78 is 60.3. The Kier molecular flexibility index (Phi) is 14.0. The zero-order chi connectivity index (χ0) is 31.4. The van der Waals surface area contributed by atoms with Crippen LogP contribution in [0.2, 0.25) is 10.0 Å². The first-order chi connectivity index (χ1) is 19.8. The Hall–Kier alpha value is -2.93. The number of benzene rings is 2. The third-order valence-electron chi connectivity index (χ3n) is 5.62. The van der Waals surface area contributed by atoms with Crippen molar-refractivity contribution in [2.45, 2.75) is 39.2 Å². The van der Waals surface area contributed by atoms with Crippen LogP contribution in [0.4, 0.5) is 0 Å². The van der Waals surface area contributed by atoms with Gasteiger partial charge >= 0.3 is 11.9 Å². The second-order valence-electron chi connectivity index (χ2n) is 9.51. The molecule has 0 aliphatic rings. The highest BCUT2D eigenvalue weighted by molar-refractivity contribution is 7.85. The monoisotopic (exact) mass is 650 g/mol. The van der Waals surface area contributed by atoms with Crippen molar-refractivity contribution in [1.82, 2.24) is 0 Å². The normalized spacial score (nSPS) is 12.0. The molecule has 1 atom stereocenters. The summed E-state index contributed by atoms with van der Waals surface area (Å²) in [5.41, 5.74) is 0.326. The summed E-state index contributed by atoms with van der Waals surface area (Å²) >= 11 is 12.5. The van der Waals surface area contributed by atoms with E-state index in [1.807, 2.05) is 13.8 Å². The van der Waals surface area contributed by atoms with Gasteiger partial charge in [-0.05, 0) is 43.0 Å². The second-order valence-corrected chi connectivity index (χ2v) is 11.9. The van der Waals surface area contributed by atoms with Gasteiger partial charge in [-0.1, -0.05) is 37.0 Å². The van der Waals surface area contributed by atoms with E-state index in [-0.39, 0.29) is 77.0 Å². The predicted molar refractivity (Wildman–Crippen MR) is 157 cm³/mol. The van der Waals surface area contributed by atoms with Crippen LogP contribution in [0.3, 0.4) is 0 Å². The summed E-state index contributed by atoms with van der Waals surface area (Å²) in [7, 11) is 0.581. The molecule has 0 heterocycles. The maximum absolute atomic E-state index is 13.0. The van der Waals surface area contributed by atoms with Crippen LogP contribution in [0.1, 0.15) is 53.8 Å². The van der Waals surface area contributed by atoms with Crippen LogP contribution >= 0.6 is 23.2 Å². The fraction of sp³-hybridized carbons (Fsp3) is 0.500. The van der Waals surface area contributed by atoms with Gasteiger partial charge in [0.1, 0.15) is 16.9 Å². The molecule has 2 rings (SSSR count). The molecule has 234 valence electrons. The van der Waals surface area contributed by atoms with E-state index in [0.717, 1.165) is 6.26 Å². The number of esters is 2. The molecule has 0 radical (unpaired) electrons. The number of hydrogen-bond donors (Lipinski definition) is 0. The zero-order valence-corrected chi connectivity index (χ0v) is 26.7. The molecule has 0 bridgehead atoms. The van der Waals surface area contributed by atoms with E-state index in [1.165, 1.54) is 45.6 Å². The lowest BCUT2D eigenvalue weighted by atomic mass is 10.1. The van der Waals surface area contributed by atoms with E-state index < -0.39 is 28.2 Å². The summed E-state index contributed by atoms with van der Waals surface area (Å²) in [6.07, 6.45) is 0.928. The summed E-state index contributed by atoms with van der Waals surface area (Å²) in [5, 5.41) is 0.254. The maximum Gasteiger partial charge on any atom is 0.338 e. The second kappa shape index (κ2) is 16.6. The molecule has 2 aromatic rings. The molecule has 0 aromatic heterocycles. The van der Waals surface area contributed by atoms with Gasteiger partial charge in [0.2, 0.25) is 5.75 Å². The van der Waals surface area contributed by atoms with E-state index in [9.17, 15) is 18.0 Å². The fourth-order valence-electron chi connectivity index (χ4n) is 3.62. The van der Waals surface area contributed by atoms with E-state index in [2.05, 4.69) is 0 Å². The molecule has 11 nitrogen and oxygen atoms in total. The zero-order valence-electron chi connectivity index (χ0n) is 24.4. The third-order valence-corrected chi connectivity index (χ3v) is 7.00. The Morgan fingerprint density at radius 1 is 0.833 bits per heavy atom. The summed E-state index contributed by atoms with van der Waals surface area (Å²) in [6, 6.07) is 5.74. The molecule has 1 unspecified atom stereocenters. The molecule has 0 aliphatic carbocycles. The van der Waals surface area contributed by atoms with Gasteiger partial charge in [0.15, 0.2) is 11.5 Å². The van der Waals surface area contributed by atoms with Crippen molar-refractivity contribution in [3.63, 3.8) is 0 Å². The first-order valence-electron chi connectivity index (χ1n) is 12.9. The van der Waals surface area contributed by atoms with Crippen molar-refractivity contribution < 1.29 is 50.6 Å². The summed E-state index contributed by atoms with van der Waals surface area (Å²) in [6.45, 7) is 3.99. The largest absolute Gasteiger partial charge is 0.493 e. The minimum Gasteiger partial charge on any atom is -0.493 e. The lowest BCUT2D eigenvalue weighted by Crippen LogP contribution is -2.22. The number of rotatable bonds is 17. The molecule has 0 amide bonds. The van der Waals surface area contributed by atoms with Gasteiger partial charge in [-0.2, -0.15) is 8.42 Å². The first-order valence-corrected chi connectivity index (χ1v) is 15.5. The van der Waals surface area contributed by atoms with Crippen molar-refractivity contribution in [1.29, 1.82) is 0 Å². The minimum atomic E-state index is -3.69. The Bertz CT molecular complexity index is 1300. The molecule has 0 N–H and O–H groups in total. The summed E-state index contributed by atoms with van der Waals surface area (Å²) in [4.78, 5) is 25.4. The Morgan fingerprint density at radius 3 is 1.98 bits per heavy atom. The molecule has 0 fully saturated rings. The van der Waals surface area contributed by atoms with Gasteiger partial charge in [0, 0.05) is 6.42 Å². The lowest BCUT2D eigenvalue weighted by Gasteiger charge is -2.19. The van der Waals surface area contributed by atoms with Crippen LogP contribution in [0.25, 0.3) is 0 Å². The number of hydrogen-bond acceptors (Lipinski definition) is 11. The number of halogens is 2. The third kappa shape index (κ3) is 11.0. The molecule has 0 spiro atoms. The van der Waals surface area contributed by atoms with Gasteiger partial charge in [-0.25, -0.2) is 9.59 Å². The topological polar surface area (TPSA) is 133 Å². The van der Waals surface area contributed by atoms with E-state index in [0.29, 0.717) is 12.2 Å². The number of ether oxygens (including phenoxy) is 6. The quantitative estimate of drug-likeness (QED) is 0.121. The minimum absolute atomic E-state index is 0.0903. The Balaban J connectivity index is 2.12. The first kappa shape index (κ1) is 35.3. The van der Waals surface area contributed by atoms with Gasteiger partial charge in [-0.15, -0.1) is 0 Å². The van der Waals surface area contributed by atoms with Crippen LogP contribution in [0.5, 0.6) is 23.0 Å². The highest BCUT2D eigenvalue weighted by atomic mass is 35.5. The van der Waals surface area contributed by atoms with Gasteiger partial charge in [0.25, 0.3) is 10.1 Å². The lowest BCUT2D eigenvalue weighted by molar-refractivity contribution is 0.0217.